The summed E-state index contributed by atoms with van der Waals surface area (Å²) in [6.07, 6.45) is -0.407. The van der Waals surface area contributed by atoms with Gasteiger partial charge >= 0.3 is 11.8 Å². The van der Waals surface area contributed by atoms with Crippen LogP contribution >= 0.6 is 11.6 Å². The highest BCUT2D eigenvalue weighted by Crippen LogP contribution is 2.38. The second-order valence-corrected chi connectivity index (χ2v) is 11.1. The molecule has 5 rings (SSSR count). The zero-order valence-corrected chi connectivity index (χ0v) is 23.3. The largest absolute Gasteiger partial charge is 0.507 e. The van der Waals surface area contributed by atoms with E-state index in [1.165, 1.54) is 22.8 Å². The van der Waals surface area contributed by atoms with Crippen molar-refractivity contribution in [2.45, 2.75) is 39.3 Å². The van der Waals surface area contributed by atoms with Gasteiger partial charge in [-0.3, -0.25) is 0 Å². The third kappa shape index (κ3) is 5.19. The molecule has 1 saturated heterocycles. The lowest BCUT2D eigenvalue weighted by Crippen LogP contribution is -2.55. The maximum Gasteiger partial charge on any atom is 0.410 e. The van der Waals surface area contributed by atoms with Gasteiger partial charge < -0.3 is 19.6 Å². The monoisotopic (exact) mass is 565 g/mol. The highest BCUT2D eigenvalue weighted by atomic mass is 35.5. The molecular formula is C29H29ClFN5O4. The number of piperazine rings is 1. The molecule has 0 bridgehead atoms. The van der Waals surface area contributed by atoms with Crippen molar-refractivity contribution in [3.63, 3.8) is 0 Å². The van der Waals surface area contributed by atoms with E-state index in [4.69, 9.17) is 16.3 Å². The van der Waals surface area contributed by atoms with Crippen LogP contribution in [0.3, 0.4) is 0 Å². The first-order valence-electron chi connectivity index (χ1n) is 12.9. The number of nitrogens with zero attached hydrogens (tertiary/aromatic N) is 5. The first-order valence-corrected chi connectivity index (χ1v) is 13.2. The van der Waals surface area contributed by atoms with Gasteiger partial charge in [-0.15, -0.1) is 0 Å². The summed E-state index contributed by atoms with van der Waals surface area (Å²) >= 11 is 6.65. The Kier molecular flexibility index (Phi) is 7.14. The van der Waals surface area contributed by atoms with E-state index in [2.05, 4.69) is 9.97 Å². The van der Waals surface area contributed by atoms with Crippen molar-refractivity contribution >= 4 is 34.5 Å². The average Bonchev–Trinajstić information content (AvgIpc) is 2.88. The molecule has 3 heterocycles. The van der Waals surface area contributed by atoms with Crippen LogP contribution in [0.15, 0.2) is 59.4 Å². The van der Waals surface area contributed by atoms with Crippen LogP contribution in [-0.4, -0.2) is 61.9 Å². The quantitative estimate of drug-likeness (QED) is 0.355. The minimum Gasteiger partial charge on any atom is -0.507 e. The fourth-order valence-corrected chi connectivity index (χ4v) is 5.07. The lowest BCUT2D eigenvalue weighted by atomic mass is 10.1. The Bertz CT molecular complexity index is 1630. The number of pyridine rings is 1. The maximum atomic E-state index is 14.9. The fourth-order valence-electron chi connectivity index (χ4n) is 4.82. The predicted octanol–water partition coefficient (Wildman–Crippen LogP) is 5.39. The van der Waals surface area contributed by atoms with Gasteiger partial charge in [-0.25, -0.2) is 23.5 Å². The van der Waals surface area contributed by atoms with Crippen LogP contribution in [0.25, 0.3) is 28.0 Å². The summed E-state index contributed by atoms with van der Waals surface area (Å²) in [6.45, 7) is 8.45. The number of fused-ring (bicyclic) bond motifs is 1. The number of anilines is 1. The fraction of sp³-hybridized carbons (Fsp3) is 0.310. The van der Waals surface area contributed by atoms with Crippen molar-refractivity contribution in [2.75, 3.05) is 24.5 Å². The average molecular weight is 566 g/mol. The number of ether oxygens (including phenoxy) is 1. The molecule has 2 aromatic heterocycles. The van der Waals surface area contributed by atoms with E-state index >= 15 is 0 Å². The van der Waals surface area contributed by atoms with Crippen molar-refractivity contribution in [2.24, 2.45) is 0 Å². The van der Waals surface area contributed by atoms with E-state index in [0.29, 0.717) is 36.5 Å². The third-order valence-corrected chi connectivity index (χ3v) is 6.88. The van der Waals surface area contributed by atoms with E-state index in [1.807, 2.05) is 38.7 Å². The van der Waals surface area contributed by atoms with Gasteiger partial charge in [-0.1, -0.05) is 35.9 Å². The molecule has 1 unspecified atom stereocenters. The number of amides is 1. The summed E-state index contributed by atoms with van der Waals surface area (Å²) in [5.74, 6) is -0.686. The van der Waals surface area contributed by atoms with Crippen LogP contribution in [0.4, 0.5) is 15.0 Å². The molecule has 1 fully saturated rings. The number of benzene rings is 2. The topological polar surface area (TPSA) is 101 Å². The molecule has 208 valence electrons. The van der Waals surface area contributed by atoms with Crippen molar-refractivity contribution < 1.29 is 19.0 Å². The van der Waals surface area contributed by atoms with Crippen LogP contribution in [0.1, 0.15) is 27.7 Å². The Labute approximate surface area is 235 Å². The molecule has 9 nitrogen and oxygen atoms in total. The molecule has 1 aliphatic heterocycles. The summed E-state index contributed by atoms with van der Waals surface area (Å²) in [7, 11) is 0. The number of rotatable bonds is 3. The molecule has 1 aliphatic rings. The van der Waals surface area contributed by atoms with E-state index in [9.17, 15) is 19.1 Å². The number of carbonyl (C=O) groups excluding carboxylic acids is 1. The van der Waals surface area contributed by atoms with E-state index in [0.717, 1.165) is 0 Å². The van der Waals surface area contributed by atoms with Crippen LogP contribution in [0, 0.1) is 5.82 Å². The molecule has 40 heavy (non-hydrogen) atoms. The highest BCUT2D eigenvalue weighted by Gasteiger charge is 2.32. The number of aromatic hydroxyl groups is 1. The van der Waals surface area contributed by atoms with Crippen LogP contribution in [0.2, 0.25) is 5.02 Å². The van der Waals surface area contributed by atoms with Gasteiger partial charge in [0, 0.05) is 25.7 Å². The molecule has 1 atom stereocenters. The SMILES string of the molecule is CC1CN(C(=O)OC(C)(C)C)CCN1c1nc(=O)n(-c2ccccc2)c2nc(-c3c(O)cccc3F)c(Cl)cc12. The van der Waals surface area contributed by atoms with Crippen molar-refractivity contribution in [3.8, 4) is 22.7 Å². The van der Waals surface area contributed by atoms with Gasteiger partial charge in [0.05, 0.1) is 27.4 Å². The molecule has 0 saturated carbocycles. The number of carbonyl (C=O) groups is 1. The third-order valence-electron chi connectivity index (χ3n) is 6.60. The molecule has 2 aromatic carbocycles. The van der Waals surface area contributed by atoms with Gasteiger partial charge in [-0.05, 0) is 58.0 Å². The molecular weight excluding hydrogens is 537 g/mol. The molecule has 1 N–H and O–H groups in total. The first kappa shape index (κ1) is 27.4. The van der Waals surface area contributed by atoms with Crippen molar-refractivity contribution in [1.82, 2.24) is 19.4 Å². The minimum absolute atomic E-state index is 0.00575. The summed E-state index contributed by atoms with van der Waals surface area (Å²) < 4.78 is 21.7. The zero-order chi connectivity index (χ0) is 28.8. The summed E-state index contributed by atoms with van der Waals surface area (Å²) in [5, 5.41) is 11.0. The molecule has 0 aliphatic carbocycles. The number of aromatic nitrogens is 3. The van der Waals surface area contributed by atoms with Gasteiger partial charge in [0.15, 0.2) is 5.65 Å². The van der Waals surface area contributed by atoms with Crippen molar-refractivity contribution in [1.29, 1.82) is 0 Å². The van der Waals surface area contributed by atoms with Crippen molar-refractivity contribution in [3.05, 3.63) is 75.9 Å². The molecule has 0 spiro atoms. The van der Waals surface area contributed by atoms with Crippen LogP contribution in [0.5, 0.6) is 5.75 Å². The van der Waals surface area contributed by atoms with Gasteiger partial charge in [-0.2, -0.15) is 4.98 Å². The van der Waals surface area contributed by atoms with Crippen LogP contribution in [-0.2, 0) is 4.74 Å². The van der Waals surface area contributed by atoms with E-state index in [1.54, 1.807) is 35.2 Å². The second kappa shape index (κ2) is 10.4. The number of hydrogen-bond acceptors (Lipinski definition) is 7. The zero-order valence-electron chi connectivity index (χ0n) is 22.6. The second-order valence-electron chi connectivity index (χ2n) is 10.7. The van der Waals surface area contributed by atoms with Gasteiger partial charge in [0.2, 0.25) is 0 Å². The Morgan fingerprint density at radius 3 is 2.48 bits per heavy atom. The van der Waals surface area contributed by atoms with Gasteiger partial charge in [0.1, 0.15) is 23.0 Å². The Morgan fingerprint density at radius 2 is 1.82 bits per heavy atom. The normalized spacial score (nSPS) is 15.9. The Balaban J connectivity index is 1.66. The molecule has 11 heteroatoms. The number of halogens is 2. The number of hydrogen-bond donors (Lipinski definition) is 1. The van der Waals surface area contributed by atoms with E-state index in [-0.39, 0.29) is 33.7 Å². The number of phenols is 1. The standard InChI is InChI=1S/C29H29ClFN5O4/c1-17-16-34(28(39)40-29(2,3)4)13-14-35(17)25-19-15-20(30)24(23-21(31)11-8-12-22(23)37)32-26(19)36(27(38)33-25)18-9-6-5-7-10-18/h5-12,15,17,37H,13-14,16H2,1-4H3. The summed E-state index contributed by atoms with van der Waals surface area (Å²) in [6, 6.07) is 14.1. The lowest BCUT2D eigenvalue weighted by Gasteiger charge is -2.41. The maximum absolute atomic E-state index is 14.9. The Hall–Kier alpha value is -4.18. The summed E-state index contributed by atoms with van der Waals surface area (Å²) in [4.78, 5) is 38.9. The molecule has 4 aromatic rings. The van der Waals surface area contributed by atoms with Crippen LogP contribution < -0.4 is 10.6 Å². The summed E-state index contributed by atoms with van der Waals surface area (Å²) in [5.41, 5.74) is -0.672. The smallest absolute Gasteiger partial charge is 0.410 e. The Morgan fingerprint density at radius 1 is 1.10 bits per heavy atom. The van der Waals surface area contributed by atoms with E-state index < -0.39 is 23.2 Å². The molecule has 0 radical (unpaired) electrons. The molecule has 1 amide bonds. The predicted molar refractivity (Wildman–Crippen MR) is 152 cm³/mol. The number of para-hydroxylation sites is 1. The highest BCUT2D eigenvalue weighted by molar-refractivity contribution is 6.34. The lowest BCUT2D eigenvalue weighted by molar-refractivity contribution is 0.0218. The first-order chi connectivity index (χ1) is 18.9. The minimum atomic E-state index is -0.705. The van der Waals surface area contributed by atoms with Gasteiger partial charge in [0.25, 0.3) is 0 Å². The number of phenolic OH excluding ortho intramolecular Hbond substituents is 1.